The van der Waals surface area contributed by atoms with Crippen molar-refractivity contribution < 1.29 is 19.3 Å². The fourth-order valence-electron chi connectivity index (χ4n) is 3.05. The monoisotopic (exact) mass is 397 g/mol. The highest BCUT2D eigenvalue weighted by Crippen LogP contribution is 2.17. The summed E-state index contributed by atoms with van der Waals surface area (Å²) in [6.45, 7) is 5.82. The van der Waals surface area contributed by atoms with E-state index < -0.39 is 6.10 Å². The van der Waals surface area contributed by atoms with Crippen molar-refractivity contribution in [3.8, 4) is 11.5 Å². The van der Waals surface area contributed by atoms with Gasteiger partial charge in [-0.15, -0.1) is 12.4 Å². The van der Waals surface area contributed by atoms with Gasteiger partial charge in [0.05, 0.1) is 32.6 Å². The van der Waals surface area contributed by atoms with Crippen LogP contribution in [0.15, 0.2) is 36.7 Å². The summed E-state index contributed by atoms with van der Waals surface area (Å²) in [6.07, 6.45) is 3.39. The average Bonchev–Trinajstić information content (AvgIpc) is 3.05. The normalized spacial score (nSPS) is 18.6. The largest absolute Gasteiger partial charge is 0.497 e. The van der Waals surface area contributed by atoms with Gasteiger partial charge in [0.2, 0.25) is 0 Å². The molecule has 0 radical (unpaired) electrons. The van der Waals surface area contributed by atoms with Gasteiger partial charge in [-0.25, -0.2) is 0 Å². The quantitative estimate of drug-likeness (QED) is 0.732. The standard InChI is InChI=1S/C19H27N3O4.ClH/c1-15-9-20-22(10-15)13-19-12-21(7-8-25-19)11-16(23)14-26-18-5-3-17(24-2)4-6-18;/h3-6,9-10,16,19,23H,7-8,11-14H2,1-2H3;1H. The van der Waals surface area contributed by atoms with Crippen molar-refractivity contribution in [2.45, 2.75) is 25.7 Å². The Bertz CT molecular complexity index is 680. The molecule has 2 unspecified atom stereocenters. The molecule has 2 heterocycles. The molecule has 0 saturated carbocycles. The lowest BCUT2D eigenvalue weighted by molar-refractivity contribution is -0.0517. The van der Waals surface area contributed by atoms with E-state index in [9.17, 15) is 5.11 Å². The van der Waals surface area contributed by atoms with Crippen LogP contribution in [-0.4, -0.2) is 72.0 Å². The first-order chi connectivity index (χ1) is 12.6. The van der Waals surface area contributed by atoms with Crippen molar-refractivity contribution in [1.82, 2.24) is 14.7 Å². The minimum absolute atomic E-state index is 0. The number of aliphatic hydroxyl groups is 1. The number of β-amino-alcohol motifs (C(OH)–C–C–N with tert-alkyl or cyclic N) is 1. The van der Waals surface area contributed by atoms with Gasteiger partial charge in [0.25, 0.3) is 0 Å². The molecule has 2 aromatic rings. The van der Waals surface area contributed by atoms with Crippen LogP contribution in [0.2, 0.25) is 0 Å². The van der Waals surface area contributed by atoms with E-state index in [4.69, 9.17) is 14.2 Å². The number of hydrogen-bond acceptors (Lipinski definition) is 6. The number of aliphatic hydroxyl groups excluding tert-OH is 1. The number of hydrogen-bond donors (Lipinski definition) is 1. The minimum atomic E-state index is -0.553. The molecule has 0 aliphatic carbocycles. The third-order valence-electron chi connectivity index (χ3n) is 4.35. The van der Waals surface area contributed by atoms with Crippen LogP contribution in [-0.2, 0) is 11.3 Å². The Labute approximate surface area is 166 Å². The number of nitrogens with zero attached hydrogens (tertiary/aromatic N) is 3. The molecule has 7 nitrogen and oxygen atoms in total. The number of morpholine rings is 1. The molecule has 1 fully saturated rings. The van der Waals surface area contributed by atoms with E-state index >= 15 is 0 Å². The van der Waals surface area contributed by atoms with Crippen LogP contribution < -0.4 is 9.47 Å². The van der Waals surface area contributed by atoms with Crippen LogP contribution >= 0.6 is 12.4 Å². The molecule has 0 spiro atoms. The van der Waals surface area contributed by atoms with Gasteiger partial charge in [0.1, 0.15) is 24.2 Å². The maximum absolute atomic E-state index is 10.3. The second-order valence-electron chi connectivity index (χ2n) is 6.63. The van der Waals surface area contributed by atoms with E-state index in [1.165, 1.54) is 0 Å². The number of aryl methyl sites for hydroxylation is 1. The fraction of sp³-hybridized carbons (Fsp3) is 0.526. The average molecular weight is 398 g/mol. The molecule has 1 N–H and O–H groups in total. The van der Waals surface area contributed by atoms with E-state index in [1.54, 1.807) is 7.11 Å². The smallest absolute Gasteiger partial charge is 0.119 e. The molecule has 150 valence electrons. The summed E-state index contributed by atoms with van der Waals surface area (Å²) in [5, 5.41) is 14.6. The zero-order chi connectivity index (χ0) is 18.4. The molecule has 0 bridgehead atoms. The molecule has 0 amide bonds. The number of aromatic nitrogens is 2. The molecular weight excluding hydrogens is 370 g/mol. The van der Waals surface area contributed by atoms with E-state index in [1.807, 2.05) is 48.3 Å². The van der Waals surface area contributed by atoms with Gasteiger partial charge in [-0.3, -0.25) is 9.58 Å². The highest BCUT2D eigenvalue weighted by Gasteiger charge is 2.23. The second kappa shape index (κ2) is 10.5. The van der Waals surface area contributed by atoms with Crippen LogP contribution in [0.1, 0.15) is 5.56 Å². The maximum Gasteiger partial charge on any atom is 0.119 e. The predicted molar refractivity (Wildman–Crippen MR) is 105 cm³/mol. The first kappa shape index (κ1) is 21.5. The van der Waals surface area contributed by atoms with Gasteiger partial charge in [-0.1, -0.05) is 0 Å². The molecule has 27 heavy (non-hydrogen) atoms. The van der Waals surface area contributed by atoms with Crippen molar-refractivity contribution in [3.63, 3.8) is 0 Å². The van der Waals surface area contributed by atoms with Gasteiger partial charge < -0.3 is 19.3 Å². The SMILES string of the molecule is COc1ccc(OCC(O)CN2CCOC(Cn3cc(C)cn3)C2)cc1.Cl. The Hall–Kier alpha value is -1.80. The number of rotatable bonds is 8. The summed E-state index contributed by atoms with van der Waals surface area (Å²) in [5.74, 6) is 1.50. The first-order valence-electron chi connectivity index (χ1n) is 8.90. The summed E-state index contributed by atoms with van der Waals surface area (Å²) >= 11 is 0. The zero-order valence-corrected chi connectivity index (χ0v) is 16.6. The molecule has 8 heteroatoms. The van der Waals surface area contributed by atoms with Crippen LogP contribution in [0, 0.1) is 6.92 Å². The van der Waals surface area contributed by atoms with Crippen LogP contribution in [0.4, 0.5) is 0 Å². The molecular formula is C19H28ClN3O4. The molecule has 2 atom stereocenters. The third kappa shape index (κ3) is 6.70. The second-order valence-corrected chi connectivity index (χ2v) is 6.63. The van der Waals surface area contributed by atoms with Crippen LogP contribution in [0.3, 0.4) is 0 Å². The molecule has 1 aromatic heterocycles. The minimum Gasteiger partial charge on any atom is -0.497 e. The summed E-state index contributed by atoms with van der Waals surface area (Å²) < 4.78 is 18.5. The lowest BCUT2D eigenvalue weighted by Crippen LogP contribution is -2.47. The van der Waals surface area contributed by atoms with Crippen LogP contribution in [0.25, 0.3) is 0 Å². The van der Waals surface area contributed by atoms with Gasteiger partial charge in [-0.2, -0.15) is 5.10 Å². The summed E-state index contributed by atoms with van der Waals surface area (Å²) in [6, 6.07) is 7.35. The predicted octanol–water partition coefficient (Wildman–Crippen LogP) is 1.76. The van der Waals surface area contributed by atoms with Crippen molar-refractivity contribution in [2.24, 2.45) is 0 Å². The van der Waals surface area contributed by atoms with Gasteiger partial charge in [-0.05, 0) is 36.8 Å². The highest BCUT2D eigenvalue weighted by molar-refractivity contribution is 5.85. The molecule has 3 rings (SSSR count). The van der Waals surface area contributed by atoms with Gasteiger partial charge in [0, 0.05) is 25.8 Å². The molecule has 1 saturated heterocycles. The summed E-state index contributed by atoms with van der Waals surface area (Å²) in [4.78, 5) is 2.21. The molecule has 1 aliphatic rings. The van der Waals surface area contributed by atoms with Crippen molar-refractivity contribution >= 4 is 12.4 Å². The highest BCUT2D eigenvalue weighted by atomic mass is 35.5. The van der Waals surface area contributed by atoms with Gasteiger partial charge in [0.15, 0.2) is 0 Å². The summed E-state index contributed by atoms with van der Waals surface area (Å²) in [7, 11) is 1.63. The molecule has 1 aromatic carbocycles. The number of methoxy groups -OCH3 is 1. The maximum atomic E-state index is 10.3. The van der Waals surface area contributed by atoms with Gasteiger partial charge >= 0.3 is 0 Å². The molecule has 1 aliphatic heterocycles. The number of halogens is 1. The number of benzene rings is 1. The van der Waals surface area contributed by atoms with E-state index in [0.29, 0.717) is 13.2 Å². The topological polar surface area (TPSA) is 69.0 Å². The van der Waals surface area contributed by atoms with E-state index in [-0.39, 0.29) is 25.1 Å². The first-order valence-corrected chi connectivity index (χ1v) is 8.90. The fourth-order valence-corrected chi connectivity index (χ4v) is 3.05. The third-order valence-corrected chi connectivity index (χ3v) is 4.35. The Balaban J connectivity index is 0.00000261. The van der Waals surface area contributed by atoms with Crippen LogP contribution in [0.5, 0.6) is 11.5 Å². The Morgan fingerprint density at radius 1 is 1.30 bits per heavy atom. The Morgan fingerprint density at radius 3 is 2.70 bits per heavy atom. The summed E-state index contributed by atoms with van der Waals surface area (Å²) in [5.41, 5.74) is 1.14. The van der Waals surface area contributed by atoms with Crippen molar-refractivity contribution in [2.75, 3.05) is 40.0 Å². The Morgan fingerprint density at radius 2 is 2.04 bits per heavy atom. The van der Waals surface area contributed by atoms with E-state index in [2.05, 4.69) is 10.00 Å². The van der Waals surface area contributed by atoms with Crippen molar-refractivity contribution in [1.29, 1.82) is 0 Å². The zero-order valence-electron chi connectivity index (χ0n) is 15.8. The Kier molecular flexibility index (Phi) is 8.37. The van der Waals surface area contributed by atoms with E-state index in [0.717, 1.165) is 36.7 Å². The number of ether oxygens (including phenoxy) is 3. The lowest BCUT2D eigenvalue weighted by Gasteiger charge is -2.34. The van der Waals surface area contributed by atoms with Crippen molar-refractivity contribution in [3.05, 3.63) is 42.2 Å². The lowest BCUT2D eigenvalue weighted by atomic mass is 10.2.